The van der Waals surface area contributed by atoms with Gasteiger partial charge in [0.25, 0.3) is 0 Å². The average Bonchev–Trinajstić information content (AvgIpc) is 2.93. The van der Waals surface area contributed by atoms with Gasteiger partial charge in [-0.15, -0.1) is 6.58 Å². The number of rotatable bonds is 11. The van der Waals surface area contributed by atoms with Gasteiger partial charge in [-0.25, -0.2) is 26.3 Å². The van der Waals surface area contributed by atoms with Gasteiger partial charge in [0.2, 0.25) is 0 Å². The number of ether oxygens (including phenoxy) is 2. The van der Waals surface area contributed by atoms with Crippen LogP contribution in [0.5, 0.6) is 11.5 Å². The number of hydrogen-bond donors (Lipinski definition) is 0. The lowest BCUT2D eigenvalue weighted by atomic mass is 9.99. The van der Waals surface area contributed by atoms with Crippen molar-refractivity contribution in [3.63, 3.8) is 0 Å². The highest BCUT2D eigenvalue weighted by Gasteiger charge is 2.45. The van der Waals surface area contributed by atoms with E-state index in [1.807, 2.05) is 0 Å². The summed E-state index contributed by atoms with van der Waals surface area (Å²) in [5.41, 5.74) is -3.40. The maximum absolute atomic E-state index is 14.9. The predicted octanol–water partition coefficient (Wildman–Crippen LogP) is 10.3. The predicted molar refractivity (Wildman–Crippen MR) is 138 cm³/mol. The summed E-state index contributed by atoms with van der Waals surface area (Å²) in [6.07, 6.45) is -11.9. The third-order valence-electron chi connectivity index (χ3n) is 6.30. The largest absolute Gasteiger partial charge is 0.461 e. The van der Waals surface area contributed by atoms with Crippen LogP contribution in [0.4, 0.5) is 52.7 Å². The first-order valence-corrected chi connectivity index (χ1v) is 12.6. The highest BCUT2D eigenvalue weighted by Crippen LogP contribution is 2.40. The average molecular weight is 650 g/mol. The van der Waals surface area contributed by atoms with Gasteiger partial charge in [-0.2, -0.15) is 26.3 Å². The maximum Gasteiger partial charge on any atom is 0.461 e. The Kier molecular flexibility index (Phi) is 9.45. The summed E-state index contributed by atoms with van der Waals surface area (Å²) in [5, 5.41) is 0. The van der Waals surface area contributed by atoms with Gasteiger partial charge in [0.1, 0.15) is 34.6 Å². The number of alkyl halides is 6. The normalized spacial score (nSPS) is 12.0. The summed E-state index contributed by atoms with van der Waals surface area (Å²) in [6, 6.07) is 6.78. The van der Waals surface area contributed by atoms with Gasteiger partial charge in [-0.05, 0) is 72.0 Å². The van der Waals surface area contributed by atoms with Crippen LogP contribution in [0.3, 0.4) is 0 Å². The fourth-order valence-corrected chi connectivity index (χ4v) is 4.21. The quantitative estimate of drug-likeness (QED) is 0.119. The Labute approximate surface area is 247 Å². The van der Waals surface area contributed by atoms with Crippen LogP contribution in [0.15, 0.2) is 73.3 Å². The fourth-order valence-electron chi connectivity index (χ4n) is 4.21. The third-order valence-corrected chi connectivity index (χ3v) is 6.30. The molecule has 2 nitrogen and oxygen atoms in total. The van der Waals surface area contributed by atoms with Crippen molar-refractivity contribution in [2.45, 2.75) is 31.5 Å². The molecule has 0 saturated heterocycles. The molecule has 0 amide bonds. The van der Waals surface area contributed by atoms with Crippen LogP contribution in [0, 0.1) is 34.9 Å². The lowest BCUT2D eigenvalue weighted by Gasteiger charge is -2.20. The standard InChI is InChI=1S/C31H18F12O2/c1-2-3-4-15-5-7-19(21(32)9-15)16-10-23(34)27(24(35)11-16)30(40,41)44-18-6-8-20(22(33)14-18)17-12-25(36)28(26(37)13-17)45-31(42,43)29(38)39/h2,5-14,29H,1,3-4H2. The van der Waals surface area contributed by atoms with E-state index in [9.17, 15) is 52.7 Å². The van der Waals surface area contributed by atoms with Crippen LogP contribution in [-0.4, -0.2) is 12.5 Å². The molecule has 45 heavy (non-hydrogen) atoms. The summed E-state index contributed by atoms with van der Waals surface area (Å²) < 4.78 is 176. The lowest BCUT2D eigenvalue weighted by Crippen LogP contribution is -2.34. The van der Waals surface area contributed by atoms with Crippen LogP contribution in [0.1, 0.15) is 17.5 Å². The second kappa shape index (κ2) is 12.8. The molecule has 0 bridgehead atoms. The molecule has 0 unspecified atom stereocenters. The molecular weight excluding hydrogens is 632 g/mol. The van der Waals surface area contributed by atoms with Crippen molar-refractivity contribution in [3.8, 4) is 33.8 Å². The van der Waals surface area contributed by atoms with Crippen LogP contribution < -0.4 is 9.47 Å². The van der Waals surface area contributed by atoms with Crippen molar-refractivity contribution in [2.75, 3.05) is 0 Å². The molecule has 238 valence electrons. The summed E-state index contributed by atoms with van der Waals surface area (Å²) >= 11 is 0. The van der Waals surface area contributed by atoms with E-state index in [-0.39, 0.29) is 23.8 Å². The molecule has 0 aliphatic carbocycles. The summed E-state index contributed by atoms with van der Waals surface area (Å²) in [4.78, 5) is 0. The fraction of sp³-hybridized carbons (Fsp3) is 0.161. The van der Waals surface area contributed by atoms with Gasteiger partial charge in [0, 0.05) is 17.2 Å². The number of halogens is 12. The molecule has 0 spiro atoms. The SMILES string of the molecule is C=CCCc1ccc(-c2cc(F)c(C(F)(F)Oc3ccc(-c4cc(F)c(OC(F)(F)C(F)F)c(F)c4)c(F)c3)c(F)c2)c(F)c1. The molecular formula is C31H18F12O2. The Hall–Kier alpha value is -4.62. The van der Waals surface area contributed by atoms with Gasteiger partial charge < -0.3 is 9.47 Å². The first-order chi connectivity index (χ1) is 21.0. The second-order valence-electron chi connectivity index (χ2n) is 9.45. The molecule has 0 heterocycles. The van der Waals surface area contributed by atoms with E-state index in [2.05, 4.69) is 16.1 Å². The number of hydrogen-bond acceptors (Lipinski definition) is 2. The molecule has 4 rings (SSSR count). The Morgan fingerprint density at radius 3 is 1.64 bits per heavy atom. The highest BCUT2D eigenvalue weighted by molar-refractivity contribution is 5.67. The Morgan fingerprint density at radius 2 is 1.16 bits per heavy atom. The minimum atomic E-state index is -5.26. The van der Waals surface area contributed by atoms with E-state index in [4.69, 9.17) is 0 Å². The lowest BCUT2D eigenvalue weighted by molar-refractivity contribution is -0.255. The molecule has 14 heteroatoms. The van der Waals surface area contributed by atoms with Crippen molar-refractivity contribution in [1.82, 2.24) is 0 Å². The first-order valence-electron chi connectivity index (χ1n) is 12.6. The van der Waals surface area contributed by atoms with Gasteiger partial charge in [0.15, 0.2) is 17.4 Å². The van der Waals surface area contributed by atoms with E-state index < -0.39 is 87.3 Å². The van der Waals surface area contributed by atoms with Crippen LogP contribution in [0.2, 0.25) is 0 Å². The van der Waals surface area contributed by atoms with Crippen molar-refractivity contribution < 1.29 is 62.2 Å². The maximum atomic E-state index is 14.9. The van der Waals surface area contributed by atoms with Crippen LogP contribution in [0.25, 0.3) is 22.3 Å². The molecule has 0 aromatic heterocycles. The number of benzene rings is 4. The molecule has 0 aliphatic heterocycles. The van der Waals surface area contributed by atoms with Crippen molar-refractivity contribution in [3.05, 3.63) is 119 Å². The van der Waals surface area contributed by atoms with Crippen LogP contribution >= 0.6 is 0 Å². The molecule has 4 aromatic carbocycles. The smallest absolute Gasteiger partial charge is 0.429 e. The Balaban J connectivity index is 1.59. The molecule has 0 radical (unpaired) electrons. The monoisotopic (exact) mass is 650 g/mol. The van der Waals surface area contributed by atoms with E-state index in [0.717, 1.165) is 6.07 Å². The number of aryl methyl sites for hydroxylation is 1. The van der Waals surface area contributed by atoms with E-state index in [0.29, 0.717) is 42.7 Å². The molecule has 0 saturated carbocycles. The zero-order chi connectivity index (χ0) is 33.3. The van der Waals surface area contributed by atoms with Gasteiger partial charge in [-0.3, -0.25) is 0 Å². The molecule has 0 fully saturated rings. The minimum Gasteiger partial charge on any atom is -0.429 e. The Morgan fingerprint density at radius 1 is 0.644 bits per heavy atom. The van der Waals surface area contributed by atoms with Gasteiger partial charge in [0.05, 0.1) is 0 Å². The summed E-state index contributed by atoms with van der Waals surface area (Å²) in [5.74, 6) is -12.7. The summed E-state index contributed by atoms with van der Waals surface area (Å²) in [7, 11) is 0. The Bertz CT molecular complexity index is 1690. The molecule has 0 N–H and O–H groups in total. The van der Waals surface area contributed by atoms with Crippen molar-refractivity contribution in [1.29, 1.82) is 0 Å². The molecule has 0 aliphatic rings. The summed E-state index contributed by atoms with van der Waals surface area (Å²) in [6.45, 7) is 3.55. The first kappa shape index (κ1) is 33.3. The van der Waals surface area contributed by atoms with E-state index in [1.165, 1.54) is 12.1 Å². The molecule has 4 aromatic rings. The topological polar surface area (TPSA) is 18.5 Å². The molecule has 0 atom stereocenters. The van der Waals surface area contributed by atoms with Crippen LogP contribution in [-0.2, 0) is 12.5 Å². The zero-order valence-electron chi connectivity index (χ0n) is 22.4. The van der Waals surface area contributed by atoms with Crippen molar-refractivity contribution in [2.24, 2.45) is 0 Å². The highest BCUT2D eigenvalue weighted by atomic mass is 19.3. The minimum absolute atomic E-state index is 0.248. The van der Waals surface area contributed by atoms with E-state index >= 15 is 0 Å². The van der Waals surface area contributed by atoms with E-state index in [1.54, 1.807) is 6.08 Å². The van der Waals surface area contributed by atoms with Gasteiger partial charge >= 0.3 is 18.6 Å². The van der Waals surface area contributed by atoms with Gasteiger partial charge in [-0.1, -0.05) is 18.2 Å². The third kappa shape index (κ3) is 7.21. The zero-order valence-corrected chi connectivity index (χ0v) is 22.4. The second-order valence-corrected chi connectivity index (χ2v) is 9.45. The van der Waals surface area contributed by atoms with Crippen molar-refractivity contribution >= 4 is 0 Å². The number of allylic oxidation sites excluding steroid dienone is 1.